The van der Waals surface area contributed by atoms with Gasteiger partial charge in [-0.2, -0.15) is 0 Å². The molecule has 0 rings (SSSR count). The van der Waals surface area contributed by atoms with Crippen LogP contribution in [-0.2, 0) is 14.3 Å². The number of carboxylic acids is 1. The van der Waals surface area contributed by atoms with Gasteiger partial charge in [0.05, 0.1) is 0 Å². The molecule has 7 N–H and O–H groups in total. The minimum atomic E-state index is -1.33. The van der Waals surface area contributed by atoms with E-state index < -0.39 is 17.5 Å². The highest BCUT2D eigenvalue weighted by Gasteiger charge is 2.35. The maximum atomic E-state index is 11.6. The predicted molar refractivity (Wildman–Crippen MR) is 57.5 cm³/mol. The lowest BCUT2D eigenvalue weighted by Gasteiger charge is -2.25. The Labute approximate surface area is 93.9 Å². The van der Waals surface area contributed by atoms with Crippen LogP contribution in [0.15, 0.2) is 0 Å². The van der Waals surface area contributed by atoms with Gasteiger partial charge in [-0.3, -0.25) is 9.59 Å². The summed E-state index contributed by atoms with van der Waals surface area (Å²) in [6.07, 6.45) is -0.0130. The van der Waals surface area contributed by atoms with Crippen molar-refractivity contribution in [3.63, 3.8) is 0 Å². The third kappa shape index (κ3) is 5.06. The quantitative estimate of drug-likeness (QED) is 0.370. The predicted octanol–water partition coefficient (Wildman–Crippen LogP) is -1.60. The number of carbonyl (C=O) groups is 2. The second kappa shape index (κ2) is 7.15. The van der Waals surface area contributed by atoms with Gasteiger partial charge in [0.2, 0.25) is 0 Å². The zero-order chi connectivity index (χ0) is 12.6. The number of esters is 1. The van der Waals surface area contributed by atoms with E-state index in [1.165, 1.54) is 0 Å². The summed E-state index contributed by atoms with van der Waals surface area (Å²) in [5.41, 5.74) is 15.0. The minimum Gasteiger partial charge on any atom is -0.481 e. The first-order chi connectivity index (χ1) is 7.46. The van der Waals surface area contributed by atoms with E-state index in [0.717, 1.165) is 0 Å². The van der Waals surface area contributed by atoms with E-state index in [1.54, 1.807) is 0 Å². The van der Waals surface area contributed by atoms with Crippen LogP contribution in [0.4, 0.5) is 0 Å². The average molecular weight is 233 g/mol. The van der Waals surface area contributed by atoms with E-state index in [9.17, 15) is 9.59 Å². The summed E-state index contributed by atoms with van der Waals surface area (Å²) in [6.45, 7) is 0.451. The number of hydrogen-bond donors (Lipinski definition) is 4. The Morgan fingerprint density at radius 2 is 1.81 bits per heavy atom. The van der Waals surface area contributed by atoms with Crippen molar-refractivity contribution in [3.05, 3.63) is 0 Å². The van der Waals surface area contributed by atoms with Gasteiger partial charge in [-0.25, -0.2) is 0 Å². The Morgan fingerprint density at radius 3 is 2.25 bits per heavy atom. The van der Waals surface area contributed by atoms with Gasteiger partial charge in [0.15, 0.2) is 0 Å². The van der Waals surface area contributed by atoms with Gasteiger partial charge in [-0.15, -0.1) is 0 Å². The van der Waals surface area contributed by atoms with Crippen molar-refractivity contribution >= 4 is 11.9 Å². The molecule has 0 aliphatic rings. The molecule has 16 heavy (non-hydrogen) atoms. The summed E-state index contributed by atoms with van der Waals surface area (Å²) in [5.74, 6) is -1.66. The average Bonchev–Trinajstić information content (AvgIpc) is 2.23. The second-order valence-electron chi connectivity index (χ2n) is 3.51. The number of aliphatic carboxylic acids is 1. The SMILES string of the molecule is NCCOC(=O)C(N)(CCN)CCC(=O)O. The summed E-state index contributed by atoms with van der Waals surface area (Å²) in [4.78, 5) is 22.0. The number of carboxylic acid groups (broad SMARTS) is 1. The standard InChI is InChI=1S/C9H19N3O4/c10-4-3-9(12,2-1-7(13)14)8(15)16-6-5-11/h1-6,10-12H2,(H,13,14). The molecule has 7 nitrogen and oxygen atoms in total. The molecule has 0 fully saturated rings. The molecule has 0 aromatic rings. The monoisotopic (exact) mass is 233 g/mol. The first-order valence-corrected chi connectivity index (χ1v) is 5.04. The molecule has 0 aliphatic heterocycles. The Balaban J connectivity index is 4.40. The molecule has 0 aromatic heterocycles. The molecule has 0 spiro atoms. The van der Waals surface area contributed by atoms with Crippen molar-refractivity contribution in [2.75, 3.05) is 19.7 Å². The van der Waals surface area contributed by atoms with Gasteiger partial charge in [0.25, 0.3) is 0 Å². The summed E-state index contributed by atoms with van der Waals surface area (Å²) >= 11 is 0. The molecular formula is C9H19N3O4. The molecule has 0 bridgehead atoms. The van der Waals surface area contributed by atoms with Crippen molar-refractivity contribution in [2.24, 2.45) is 17.2 Å². The number of carbonyl (C=O) groups excluding carboxylic acids is 1. The molecule has 0 heterocycles. The van der Waals surface area contributed by atoms with Crippen molar-refractivity contribution in [3.8, 4) is 0 Å². The van der Waals surface area contributed by atoms with Gasteiger partial charge < -0.3 is 27.0 Å². The summed E-state index contributed by atoms with van der Waals surface area (Å²) < 4.78 is 4.80. The van der Waals surface area contributed by atoms with Crippen LogP contribution in [0.2, 0.25) is 0 Å². The van der Waals surface area contributed by atoms with Crippen LogP contribution in [0, 0.1) is 0 Å². The Hall–Kier alpha value is -1.18. The normalized spacial score (nSPS) is 14.2. The fourth-order valence-corrected chi connectivity index (χ4v) is 1.21. The second-order valence-corrected chi connectivity index (χ2v) is 3.51. The Bertz CT molecular complexity index is 247. The van der Waals surface area contributed by atoms with Gasteiger partial charge >= 0.3 is 11.9 Å². The topological polar surface area (TPSA) is 142 Å². The van der Waals surface area contributed by atoms with E-state index in [-0.39, 0.29) is 39.0 Å². The highest BCUT2D eigenvalue weighted by atomic mass is 16.5. The largest absolute Gasteiger partial charge is 0.481 e. The maximum absolute atomic E-state index is 11.6. The molecule has 0 amide bonds. The van der Waals surface area contributed by atoms with Gasteiger partial charge in [-0.05, 0) is 19.4 Å². The lowest BCUT2D eigenvalue weighted by Crippen LogP contribution is -2.51. The van der Waals surface area contributed by atoms with E-state index >= 15 is 0 Å². The van der Waals surface area contributed by atoms with Crippen molar-refractivity contribution in [1.82, 2.24) is 0 Å². The molecule has 1 atom stereocenters. The van der Waals surface area contributed by atoms with Gasteiger partial charge in [-0.1, -0.05) is 0 Å². The smallest absolute Gasteiger partial charge is 0.326 e. The van der Waals surface area contributed by atoms with Crippen LogP contribution in [0.3, 0.4) is 0 Å². The number of rotatable bonds is 8. The summed E-state index contributed by atoms with van der Waals surface area (Å²) in [6, 6.07) is 0. The zero-order valence-corrected chi connectivity index (χ0v) is 9.15. The molecule has 1 unspecified atom stereocenters. The molecular weight excluding hydrogens is 214 g/mol. The highest BCUT2D eigenvalue weighted by molar-refractivity contribution is 5.81. The lowest BCUT2D eigenvalue weighted by molar-refractivity contribution is -0.151. The number of nitrogens with two attached hydrogens (primary N) is 3. The Kier molecular flexibility index (Phi) is 6.63. The number of ether oxygens (including phenoxy) is 1. The third-order valence-electron chi connectivity index (χ3n) is 2.13. The molecule has 94 valence electrons. The third-order valence-corrected chi connectivity index (χ3v) is 2.13. The first kappa shape index (κ1) is 14.8. The minimum absolute atomic E-state index is 0.00291. The van der Waals surface area contributed by atoms with E-state index in [0.29, 0.717) is 0 Å². The molecule has 0 saturated heterocycles. The lowest BCUT2D eigenvalue weighted by atomic mass is 9.91. The van der Waals surface area contributed by atoms with E-state index in [1.807, 2.05) is 0 Å². The summed E-state index contributed by atoms with van der Waals surface area (Å²) in [5, 5.41) is 8.54. The first-order valence-electron chi connectivity index (χ1n) is 5.04. The van der Waals surface area contributed by atoms with E-state index in [2.05, 4.69) is 0 Å². The van der Waals surface area contributed by atoms with Crippen molar-refractivity contribution < 1.29 is 19.4 Å². The van der Waals surface area contributed by atoms with Crippen LogP contribution in [-0.4, -0.2) is 42.3 Å². The van der Waals surface area contributed by atoms with E-state index in [4.69, 9.17) is 27.0 Å². The van der Waals surface area contributed by atoms with Crippen molar-refractivity contribution in [1.29, 1.82) is 0 Å². The maximum Gasteiger partial charge on any atom is 0.326 e. The molecule has 0 radical (unpaired) electrons. The fourth-order valence-electron chi connectivity index (χ4n) is 1.21. The van der Waals surface area contributed by atoms with Crippen LogP contribution >= 0.6 is 0 Å². The fraction of sp³-hybridized carbons (Fsp3) is 0.778. The Morgan fingerprint density at radius 1 is 1.19 bits per heavy atom. The zero-order valence-electron chi connectivity index (χ0n) is 9.15. The van der Waals surface area contributed by atoms with Crippen LogP contribution < -0.4 is 17.2 Å². The van der Waals surface area contributed by atoms with Crippen LogP contribution in [0.25, 0.3) is 0 Å². The summed E-state index contributed by atoms with van der Waals surface area (Å²) in [7, 11) is 0. The van der Waals surface area contributed by atoms with Gasteiger partial charge in [0, 0.05) is 13.0 Å². The molecule has 0 aromatic carbocycles. The molecule has 0 saturated carbocycles. The van der Waals surface area contributed by atoms with Gasteiger partial charge in [0.1, 0.15) is 12.1 Å². The highest BCUT2D eigenvalue weighted by Crippen LogP contribution is 2.16. The molecule has 7 heteroatoms. The van der Waals surface area contributed by atoms with Crippen molar-refractivity contribution in [2.45, 2.75) is 24.8 Å². The molecule has 0 aliphatic carbocycles. The van der Waals surface area contributed by atoms with Crippen LogP contribution in [0.5, 0.6) is 0 Å². The van der Waals surface area contributed by atoms with Crippen LogP contribution in [0.1, 0.15) is 19.3 Å². The number of hydrogen-bond acceptors (Lipinski definition) is 6.